The van der Waals surface area contributed by atoms with Gasteiger partial charge in [0.25, 0.3) is 23.6 Å². The van der Waals surface area contributed by atoms with E-state index in [1.807, 2.05) is 0 Å². The minimum atomic E-state index is -5.07. The van der Waals surface area contributed by atoms with Crippen molar-refractivity contribution in [1.29, 1.82) is 0 Å². The Morgan fingerprint density at radius 1 is 0.385 bits per heavy atom. The second-order valence-electron chi connectivity index (χ2n) is 31.6. The van der Waals surface area contributed by atoms with E-state index in [9.17, 15) is 95.4 Å². The van der Waals surface area contributed by atoms with Crippen LogP contribution in [0.25, 0.3) is 0 Å². The predicted octanol–water partition coefficient (Wildman–Crippen LogP) is 22.7. The first kappa shape index (κ1) is 102. The lowest BCUT2D eigenvalue weighted by Gasteiger charge is -2.17. The summed E-state index contributed by atoms with van der Waals surface area (Å²) in [6, 6.07) is 32.0. The van der Waals surface area contributed by atoms with Gasteiger partial charge in [-0.05, 0) is 165 Å². The summed E-state index contributed by atoms with van der Waals surface area (Å²) in [6.07, 6.45) is -7.98. The van der Waals surface area contributed by atoms with E-state index in [1.54, 1.807) is 12.1 Å². The number of pyridine rings is 6. The minimum absolute atomic E-state index is 0. The first-order chi connectivity index (χ1) is 68.2. The molecule has 6 heterocycles. The first-order valence-electron chi connectivity index (χ1n) is 43.7. The molecule has 3 aliphatic carbocycles. The summed E-state index contributed by atoms with van der Waals surface area (Å²) in [5, 5.41) is 10.4. The fourth-order valence-electron chi connectivity index (χ4n) is 13.5. The molecule has 3 fully saturated rings. The maximum atomic E-state index is 15.1. The third-order valence-electron chi connectivity index (χ3n) is 20.9. The van der Waals surface area contributed by atoms with Crippen molar-refractivity contribution in [2.24, 2.45) is 11.8 Å². The number of amides is 4. The number of aromatic amines is 1. The van der Waals surface area contributed by atoms with Crippen LogP contribution >= 0.6 is 0 Å². The number of ketones is 4. The molecule has 12 aromatic rings. The molecule has 143 heavy (non-hydrogen) atoms. The highest BCUT2D eigenvalue weighted by molar-refractivity contribution is 6.10. The average molecular weight is 2010 g/mol. The van der Waals surface area contributed by atoms with Gasteiger partial charge in [-0.1, -0.05) is 19.9 Å². The normalized spacial score (nSPS) is 14.8. The van der Waals surface area contributed by atoms with Gasteiger partial charge in [0.15, 0.2) is 69.5 Å². The fourth-order valence-corrected chi connectivity index (χ4v) is 13.5. The van der Waals surface area contributed by atoms with Gasteiger partial charge in [0, 0.05) is 147 Å². The van der Waals surface area contributed by atoms with Gasteiger partial charge in [-0.3, -0.25) is 63.3 Å². The van der Waals surface area contributed by atoms with Gasteiger partial charge in [0.05, 0.1) is 43.7 Å². The molecule has 0 spiro atoms. The summed E-state index contributed by atoms with van der Waals surface area (Å²) in [7, 11) is 0.677. The van der Waals surface area contributed by atoms with Crippen LogP contribution in [0.2, 0.25) is 0 Å². The second kappa shape index (κ2) is 45.5. The molecule has 0 aliphatic heterocycles. The molecule has 3 saturated carbocycles. The second-order valence-corrected chi connectivity index (χ2v) is 31.6. The van der Waals surface area contributed by atoms with Crippen LogP contribution in [0.4, 0.5) is 84.2 Å². The number of benzene rings is 6. The monoisotopic (exact) mass is 2010 g/mol. The fraction of sp³-hybridized carbons (Fsp3) is 0.245. The van der Waals surface area contributed by atoms with E-state index in [0.717, 1.165) is 91.7 Å². The lowest BCUT2D eigenvalue weighted by molar-refractivity contribution is -0.381. The summed E-state index contributed by atoms with van der Waals surface area (Å²) in [6.45, 7) is 10.9. The number of anilines is 4. The molecule has 15 rings (SSSR count). The standard InChI is InChI=1S/C25H20F4N2O5.2C25H22F3N3O5.C23H18F4N2O5.H2O/c1-13(32)20-9-15(7-8-30-20)31-24(33)18-11-19(26)17(14-3-4-14)12-22(18)35-21-6-5-16(10-23(21)34-2)36-25(27,28)29;2*1-13-8-17(13)20-11-22(35-21-5-4-16(10-23(21)34-3)36-25(26,27)28)18(12-30-20)24(33)31-15-6-7-29-19(9-15)14(2)32;1-12-4-6-18(33-17-7-5-15(11-19(17)32-3)34-23(25,26)27)20(21(12)24)22(31)29-14-8-9-28-16(10-14)13(2)30;/h5-12,14H,3-4H2,1-2H3,(H,30,31,33);2*4-7,9-13,17H,8H2,1-3H3,(H,29,31,33);4-11H,1-3H3,(H,28,29,31);1H2/t;2*13-,17-;;/m.10../s1/i;;;3D3;. The highest BCUT2D eigenvalue weighted by atomic mass is 19.4. The van der Waals surface area contributed by atoms with Crippen LogP contribution < -0.4 is 83.1 Å². The lowest BCUT2D eigenvalue weighted by Crippen LogP contribution is -2.19. The van der Waals surface area contributed by atoms with Crippen LogP contribution in [0.3, 0.4) is 0 Å². The molecule has 3 aliphatic rings. The zero-order valence-corrected chi connectivity index (χ0v) is 76.3. The molecule has 31 nitrogen and oxygen atoms in total. The van der Waals surface area contributed by atoms with Crippen LogP contribution in [-0.2, 0) is 0 Å². The van der Waals surface area contributed by atoms with Crippen molar-refractivity contribution < 1.29 is 171 Å². The minimum Gasteiger partial charge on any atom is -0.870 e. The summed E-state index contributed by atoms with van der Waals surface area (Å²) in [5.41, 5.74) is 3.05. The number of ether oxygens (including phenoxy) is 12. The molecule has 4 amide bonds. The van der Waals surface area contributed by atoms with Crippen molar-refractivity contribution in [3.63, 3.8) is 0 Å². The molecule has 750 valence electrons. The number of aryl methyl sites for hydroxylation is 1. The van der Waals surface area contributed by atoms with Crippen molar-refractivity contribution in [1.82, 2.24) is 24.9 Å². The number of nitrogens with one attached hydrogen (secondary N) is 5. The van der Waals surface area contributed by atoms with E-state index < -0.39 is 114 Å². The number of rotatable bonds is 31. The highest BCUT2D eigenvalue weighted by Crippen LogP contribution is 2.51. The van der Waals surface area contributed by atoms with Gasteiger partial charge < -0.3 is 83.6 Å². The van der Waals surface area contributed by atoms with Gasteiger partial charge in [-0.15, -0.1) is 52.7 Å². The van der Waals surface area contributed by atoms with E-state index in [2.05, 4.69) is 84.0 Å². The zero-order valence-electron chi connectivity index (χ0n) is 79.3. The first-order valence-corrected chi connectivity index (χ1v) is 42.2. The van der Waals surface area contributed by atoms with Crippen LogP contribution in [0.15, 0.2) is 195 Å². The molecule has 0 saturated heterocycles. The highest BCUT2D eigenvalue weighted by Gasteiger charge is 2.40. The molecular formula is C98H84F14N10O21. The number of methoxy groups -OCH3 is 4. The molecule has 4 atom stereocenters. The van der Waals surface area contributed by atoms with E-state index in [4.69, 9.17) is 42.0 Å². The number of carbonyl (C=O) groups excluding carboxylic acids is 8. The predicted molar refractivity (Wildman–Crippen MR) is 480 cm³/mol. The van der Waals surface area contributed by atoms with Crippen molar-refractivity contribution in [3.8, 4) is 92.0 Å². The number of H-pyrrole nitrogens is 1. The van der Waals surface area contributed by atoms with Crippen molar-refractivity contribution in [2.45, 2.75) is 117 Å². The van der Waals surface area contributed by atoms with Crippen LogP contribution in [0.1, 0.15) is 195 Å². The molecule has 6 N–H and O–H groups in total. The van der Waals surface area contributed by atoms with E-state index in [-0.39, 0.29) is 155 Å². The molecule has 0 bridgehead atoms. The average Bonchev–Trinajstić information content (AvgIpc) is 1.70. The van der Waals surface area contributed by atoms with Crippen LogP contribution in [0.5, 0.6) is 92.0 Å². The maximum Gasteiger partial charge on any atom is 0.573 e. The van der Waals surface area contributed by atoms with Crippen molar-refractivity contribution in [3.05, 3.63) is 274 Å². The number of carbonyl (C=O) groups is 8. The Hall–Kier alpha value is -16.6. The number of nitrogens with zero attached hydrogens (tertiary/aromatic N) is 5. The summed E-state index contributed by atoms with van der Waals surface area (Å²) < 4.78 is 262. The molecule has 6 aromatic carbocycles. The van der Waals surface area contributed by atoms with E-state index in [0.29, 0.717) is 34.8 Å². The van der Waals surface area contributed by atoms with E-state index in [1.165, 1.54) is 178 Å². The van der Waals surface area contributed by atoms with Gasteiger partial charge in [-0.2, -0.15) is 0 Å². The third kappa shape index (κ3) is 29.7. The summed E-state index contributed by atoms with van der Waals surface area (Å²) >= 11 is 0. The number of hydrogen-bond donors (Lipinski definition) is 4. The SMILES string of the molecule is COc1cc(OC(F)(F)F)ccc1Oc1cc(C2CC2)c(F)cc1C(=O)Nc1ccnc(C(C)=O)c1.COc1cc(OC(F)(F)F)ccc1Oc1cc([C@@H]2C[C@H]2C)ncc1C(=O)Nc1ccnc(C(C)=O)c1.COc1cc(OC(F)(F)F)ccc1Oc1cc([C@H]2C[C@@H]2C)ncc1C(=O)Nc1ccnc(C(C)=O)c1.[2H]C([2H])([2H])Oc1cc(OC(F)(F)F)ccc1Oc1ccc(C)c(F)c1C(=O)Nc1cc[nH+]c(C(C)=O)c1.[OH-]. The Bertz CT molecular complexity index is 6720. The number of aromatic nitrogens is 6. The van der Waals surface area contributed by atoms with Crippen LogP contribution in [-0.4, -0.2) is 131 Å². The topological polar surface area (TPSA) is 404 Å². The number of hydrogen-bond acceptors (Lipinski definition) is 26. The largest absolute Gasteiger partial charge is 0.870 e. The summed E-state index contributed by atoms with van der Waals surface area (Å²) in [4.78, 5) is 122. The zero-order chi connectivity index (χ0) is 106. The third-order valence-corrected chi connectivity index (χ3v) is 20.9. The van der Waals surface area contributed by atoms with Gasteiger partial charge in [-0.25, -0.2) is 13.8 Å². The number of Topliss-reactive ketones (excluding diaryl/α,β-unsaturated/α-hetero) is 4. The quantitative estimate of drug-likeness (QED) is 0.0231. The maximum absolute atomic E-state index is 15.1. The van der Waals surface area contributed by atoms with Crippen LogP contribution in [0, 0.1) is 30.4 Å². The number of halogens is 14. The van der Waals surface area contributed by atoms with E-state index >= 15 is 4.39 Å². The lowest BCUT2D eigenvalue weighted by atomic mass is 10.0. The smallest absolute Gasteiger partial charge is 0.573 e. The Kier molecular flexibility index (Phi) is 32.6. The molecular weight excluding hydrogens is 1920 g/mol. The Balaban J connectivity index is 0.000000185. The molecule has 45 heteroatoms. The van der Waals surface area contributed by atoms with Gasteiger partial charge in [0.1, 0.15) is 91.4 Å². The Morgan fingerprint density at radius 3 is 1.06 bits per heavy atom. The Labute approximate surface area is 807 Å². The Morgan fingerprint density at radius 2 is 0.720 bits per heavy atom. The van der Waals surface area contributed by atoms with Gasteiger partial charge >= 0.3 is 25.4 Å². The molecule has 6 aromatic heterocycles. The van der Waals surface area contributed by atoms with Crippen molar-refractivity contribution >= 4 is 69.5 Å². The summed E-state index contributed by atoms with van der Waals surface area (Å²) in [5.74, 6) is -7.84. The number of alkyl halides is 12. The molecule has 0 unspecified atom stereocenters. The van der Waals surface area contributed by atoms with Gasteiger partial charge in [0.2, 0.25) is 11.5 Å². The molecule has 0 radical (unpaired) electrons. The van der Waals surface area contributed by atoms with Crippen molar-refractivity contribution in [2.75, 3.05) is 49.6 Å².